The Hall–Kier alpha value is -4.52. The Bertz CT molecular complexity index is 1290. The Morgan fingerprint density at radius 1 is 0.939 bits per heavy atom. The fraction of sp³-hybridized carbons (Fsp3) is 0.0769. The number of nitrogens with one attached hydrogen (secondary N) is 1. The summed E-state index contributed by atoms with van der Waals surface area (Å²) in [6.45, 7) is 0.466. The van der Waals surface area contributed by atoms with Crippen LogP contribution in [0, 0.1) is 10.1 Å². The smallest absolute Gasteiger partial charge is 0.269 e. The van der Waals surface area contributed by atoms with Crippen LogP contribution < -0.4 is 10.2 Å². The van der Waals surface area contributed by atoms with Gasteiger partial charge in [0, 0.05) is 12.1 Å². The molecule has 0 aliphatic heterocycles. The van der Waals surface area contributed by atoms with E-state index in [0.717, 1.165) is 16.9 Å². The molecule has 0 aliphatic rings. The van der Waals surface area contributed by atoms with Crippen LogP contribution in [0.3, 0.4) is 0 Å². The van der Waals surface area contributed by atoms with Crippen LogP contribution in [-0.4, -0.2) is 17.0 Å². The minimum Gasteiger partial charge on any atom is -0.489 e. The second kappa shape index (κ2) is 10.2. The maximum Gasteiger partial charge on any atom is 0.269 e. The van der Waals surface area contributed by atoms with Crippen LogP contribution in [0.1, 0.15) is 16.7 Å². The number of nitro groups is 1. The van der Waals surface area contributed by atoms with Crippen molar-refractivity contribution in [3.63, 3.8) is 0 Å². The summed E-state index contributed by atoms with van der Waals surface area (Å²) in [6.07, 6.45) is 1.62. The van der Waals surface area contributed by atoms with Gasteiger partial charge in [0.1, 0.15) is 12.4 Å². The first-order chi connectivity index (χ1) is 16.1. The van der Waals surface area contributed by atoms with E-state index in [9.17, 15) is 14.9 Å². The Labute approximate surface area is 190 Å². The molecule has 4 aromatic carbocycles. The SMILES string of the molecule is O=C(Cc1ccc([N+](=O)[O-])cc1)N/N=C\c1ccc(OCc2cccc3ccccc23)cc1. The van der Waals surface area contributed by atoms with E-state index in [1.807, 2.05) is 42.5 Å². The van der Waals surface area contributed by atoms with Gasteiger partial charge in [0.2, 0.25) is 5.91 Å². The fourth-order valence-corrected chi connectivity index (χ4v) is 3.37. The highest BCUT2D eigenvalue weighted by Crippen LogP contribution is 2.21. The lowest BCUT2D eigenvalue weighted by Crippen LogP contribution is -2.19. The van der Waals surface area contributed by atoms with E-state index in [1.54, 1.807) is 18.3 Å². The maximum atomic E-state index is 12.0. The van der Waals surface area contributed by atoms with E-state index in [0.29, 0.717) is 12.2 Å². The Morgan fingerprint density at radius 2 is 1.67 bits per heavy atom. The Morgan fingerprint density at radius 3 is 2.42 bits per heavy atom. The predicted molar refractivity (Wildman–Crippen MR) is 127 cm³/mol. The van der Waals surface area contributed by atoms with Gasteiger partial charge in [-0.25, -0.2) is 5.43 Å². The standard InChI is InChI=1S/C26H21N3O4/c30-26(16-19-8-12-23(13-9-19)29(31)32)28-27-17-20-10-14-24(15-11-20)33-18-22-6-3-5-21-4-1-2-7-25(21)22/h1-15,17H,16,18H2,(H,28,30)/b27-17-. The van der Waals surface area contributed by atoms with Crippen LogP contribution in [0.4, 0.5) is 5.69 Å². The van der Waals surface area contributed by atoms with Gasteiger partial charge >= 0.3 is 0 Å². The zero-order chi connectivity index (χ0) is 23.0. The van der Waals surface area contributed by atoms with Crippen LogP contribution in [0.2, 0.25) is 0 Å². The molecule has 1 N–H and O–H groups in total. The van der Waals surface area contributed by atoms with Crippen molar-refractivity contribution in [2.45, 2.75) is 13.0 Å². The Balaban J connectivity index is 1.28. The first-order valence-electron chi connectivity index (χ1n) is 10.3. The summed E-state index contributed by atoms with van der Waals surface area (Å²) in [5.74, 6) is 0.428. The second-order valence-corrected chi connectivity index (χ2v) is 7.39. The van der Waals surface area contributed by atoms with E-state index in [2.05, 4.69) is 34.8 Å². The number of hydrogen-bond acceptors (Lipinski definition) is 5. The van der Waals surface area contributed by atoms with Crippen molar-refractivity contribution in [1.29, 1.82) is 0 Å². The zero-order valence-electron chi connectivity index (χ0n) is 17.7. The molecule has 1 amide bonds. The number of rotatable bonds is 8. The summed E-state index contributed by atoms with van der Waals surface area (Å²) in [5.41, 5.74) is 5.04. The second-order valence-electron chi connectivity index (χ2n) is 7.39. The summed E-state index contributed by atoms with van der Waals surface area (Å²) < 4.78 is 5.93. The molecule has 0 bridgehead atoms. The molecular weight excluding hydrogens is 418 g/mol. The molecule has 0 heterocycles. The highest BCUT2D eigenvalue weighted by Gasteiger charge is 2.07. The van der Waals surface area contributed by atoms with Gasteiger partial charge in [-0.2, -0.15) is 5.10 Å². The highest BCUT2D eigenvalue weighted by atomic mass is 16.6. The third kappa shape index (κ3) is 5.80. The van der Waals surface area contributed by atoms with Gasteiger partial charge in [-0.15, -0.1) is 0 Å². The average Bonchev–Trinajstić information content (AvgIpc) is 2.84. The molecule has 164 valence electrons. The molecule has 33 heavy (non-hydrogen) atoms. The maximum absolute atomic E-state index is 12.0. The minimum absolute atomic E-state index is 0.0123. The first kappa shape index (κ1) is 21.7. The number of fused-ring (bicyclic) bond motifs is 1. The molecule has 0 saturated carbocycles. The number of carbonyl (C=O) groups excluding carboxylic acids is 1. The third-order valence-electron chi connectivity index (χ3n) is 5.07. The van der Waals surface area contributed by atoms with Crippen LogP contribution in [0.15, 0.2) is 96.1 Å². The quantitative estimate of drug-likeness (QED) is 0.237. The first-order valence-corrected chi connectivity index (χ1v) is 10.3. The summed E-state index contributed by atoms with van der Waals surface area (Å²) in [5, 5.41) is 17.0. The van der Waals surface area contributed by atoms with Crippen molar-refractivity contribution >= 4 is 28.6 Å². The van der Waals surface area contributed by atoms with Gasteiger partial charge in [-0.3, -0.25) is 14.9 Å². The van der Waals surface area contributed by atoms with E-state index in [-0.39, 0.29) is 18.0 Å². The predicted octanol–water partition coefficient (Wildman–Crippen LogP) is 5.02. The number of ether oxygens (including phenoxy) is 1. The van der Waals surface area contributed by atoms with Crippen molar-refractivity contribution in [2.24, 2.45) is 5.10 Å². The zero-order valence-corrected chi connectivity index (χ0v) is 17.7. The van der Waals surface area contributed by atoms with Gasteiger partial charge in [-0.05, 0) is 51.7 Å². The van der Waals surface area contributed by atoms with Crippen LogP contribution in [0.25, 0.3) is 10.8 Å². The Kier molecular flexibility index (Phi) is 6.70. The van der Waals surface area contributed by atoms with E-state index in [4.69, 9.17) is 4.74 Å². The molecule has 0 aromatic heterocycles. The number of nitro benzene ring substituents is 1. The molecule has 7 heteroatoms. The van der Waals surface area contributed by atoms with Crippen molar-refractivity contribution in [3.8, 4) is 5.75 Å². The summed E-state index contributed by atoms with van der Waals surface area (Å²) in [6, 6.07) is 27.6. The van der Waals surface area contributed by atoms with Crippen molar-refractivity contribution in [3.05, 3.63) is 118 Å². The largest absolute Gasteiger partial charge is 0.489 e. The highest BCUT2D eigenvalue weighted by molar-refractivity contribution is 5.85. The molecule has 0 atom stereocenters. The van der Waals surface area contributed by atoms with Gasteiger partial charge < -0.3 is 4.74 Å². The molecule has 0 saturated heterocycles. The van der Waals surface area contributed by atoms with Gasteiger partial charge in [0.25, 0.3) is 5.69 Å². The number of nitrogens with zero attached hydrogens (tertiary/aromatic N) is 2. The molecule has 0 aliphatic carbocycles. The van der Waals surface area contributed by atoms with Crippen LogP contribution in [0.5, 0.6) is 5.75 Å². The lowest BCUT2D eigenvalue weighted by atomic mass is 10.1. The van der Waals surface area contributed by atoms with Gasteiger partial charge in [0.15, 0.2) is 0 Å². The molecule has 4 aromatic rings. The minimum atomic E-state index is -0.478. The molecular formula is C26H21N3O4. The van der Waals surface area contributed by atoms with E-state index >= 15 is 0 Å². The topological polar surface area (TPSA) is 93.8 Å². The lowest BCUT2D eigenvalue weighted by Gasteiger charge is -2.09. The van der Waals surface area contributed by atoms with E-state index < -0.39 is 4.92 Å². The fourth-order valence-electron chi connectivity index (χ4n) is 3.37. The average molecular weight is 439 g/mol. The monoisotopic (exact) mass is 439 g/mol. The number of non-ortho nitro benzene ring substituents is 1. The number of benzene rings is 4. The molecule has 0 fully saturated rings. The number of hydrazone groups is 1. The van der Waals surface area contributed by atoms with E-state index in [1.165, 1.54) is 22.9 Å². The molecule has 4 rings (SSSR count). The van der Waals surface area contributed by atoms with Crippen molar-refractivity contribution in [2.75, 3.05) is 0 Å². The van der Waals surface area contributed by atoms with Crippen molar-refractivity contribution in [1.82, 2.24) is 5.43 Å². The van der Waals surface area contributed by atoms with Gasteiger partial charge in [0.05, 0.1) is 17.6 Å². The molecule has 7 nitrogen and oxygen atoms in total. The third-order valence-corrected chi connectivity index (χ3v) is 5.07. The molecule has 0 spiro atoms. The van der Waals surface area contributed by atoms with Crippen LogP contribution in [-0.2, 0) is 17.8 Å². The number of hydrogen-bond donors (Lipinski definition) is 1. The summed E-state index contributed by atoms with van der Waals surface area (Å²) in [7, 11) is 0. The van der Waals surface area contributed by atoms with Crippen LogP contribution >= 0.6 is 0 Å². The summed E-state index contributed by atoms with van der Waals surface area (Å²) >= 11 is 0. The summed E-state index contributed by atoms with van der Waals surface area (Å²) in [4.78, 5) is 22.2. The number of carbonyl (C=O) groups is 1. The molecule has 0 radical (unpaired) electrons. The van der Waals surface area contributed by atoms with Crippen molar-refractivity contribution < 1.29 is 14.5 Å². The lowest BCUT2D eigenvalue weighted by molar-refractivity contribution is -0.384. The number of amides is 1. The normalized spacial score (nSPS) is 10.9. The molecule has 0 unspecified atom stereocenters. The van der Waals surface area contributed by atoms with Gasteiger partial charge in [-0.1, -0.05) is 54.6 Å².